The quantitative estimate of drug-likeness (QED) is 0.613. The maximum absolute atomic E-state index is 14.7. The molecule has 100 valence electrons. The normalized spacial score (nSPS) is 49.1. The predicted molar refractivity (Wildman–Crippen MR) is 55.8 cm³/mol. The first kappa shape index (κ1) is 11.7. The molecule has 0 radical (unpaired) electrons. The van der Waals surface area contributed by atoms with Gasteiger partial charge in [-0.1, -0.05) is 0 Å². The van der Waals surface area contributed by atoms with Gasteiger partial charge in [0.1, 0.15) is 5.60 Å². The molecule has 4 aliphatic carbocycles. The number of hydrogen-bond acceptors (Lipinski definition) is 4. The van der Waals surface area contributed by atoms with Crippen LogP contribution in [0.3, 0.4) is 0 Å². The first-order valence-electron chi connectivity index (χ1n) is 6.11. The van der Waals surface area contributed by atoms with Crippen molar-refractivity contribution in [1.82, 2.24) is 0 Å². The molecule has 6 nitrogen and oxygen atoms in total. The van der Waals surface area contributed by atoms with Crippen LogP contribution in [0.25, 0.3) is 0 Å². The third kappa shape index (κ3) is 1.36. The molecule has 1 N–H and O–H groups in total. The van der Waals surface area contributed by atoms with Crippen molar-refractivity contribution in [3.05, 3.63) is 10.1 Å². The molecule has 0 heterocycles. The van der Waals surface area contributed by atoms with Gasteiger partial charge in [-0.2, -0.15) is 0 Å². The summed E-state index contributed by atoms with van der Waals surface area (Å²) in [6.07, 6.45) is 1.84. The predicted octanol–water partition coefficient (Wildman–Crippen LogP) is 1.57. The average molecular weight is 259 g/mol. The number of alkyl halides is 1. The van der Waals surface area contributed by atoms with Gasteiger partial charge < -0.3 is 9.94 Å². The van der Waals surface area contributed by atoms with Crippen molar-refractivity contribution >= 4 is 5.97 Å². The maximum Gasteiger partial charge on any atom is 0.342 e. The molecule has 4 saturated carbocycles. The molecule has 5 atom stereocenters. The molecule has 4 bridgehead atoms. The maximum atomic E-state index is 14.7. The topological polar surface area (TPSA) is 89.7 Å². The minimum atomic E-state index is -2.22. The van der Waals surface area contributed by atoms with Crippen molar-refractivity contribution in [3.8, 4) is 0 Å². The highest BCUT2D eigenvalue weighted by Crippen LogP contribution is 2.62. The molecule has 0 saturated heterocycles. The number of hydrogen-bond donors (Lipinski definition) is 1. The van der Waals surface area contributed by atoms with E-state index in [4.69, 9.17) is 9.94 Å². The Kier molecular flexibility index (Phi) is 2.16. The van der Waals surface area contributed by atoms with Gasteiger partial charge in [-0.05, 0) is 38.0 Å². The van der Waals surface area contributed by atoms with E-state index in [0.717, 1.165) is 0 Å². The Morgan fingerprint density at radius 2 is 1.89 bits per heavy atom. The Hall–Kier alpha value is -1.40. The van der Waals surface area contributed by atoms with Crippen LogP contribution >= 0.6 is 0 Å². The molecule has 0 amide bonds. The average Bonchev–Trinajstić information content (AvgIpc) is 2.22. The van der Waals surface area contributed by atoms with E-state index in [1.165, 1.54) is 0 Å². The van der Waals surface area contributed by atoms with Gasteiger partial charge >= 0.3 is 5.97 Å². The number of carbonyl (C=O) groups is 1. The van der Waals surface area contributed by atoms with E-state index >= 15 is 0 Å². The molecule has 7 heteroatoms. The summed E-state index contributed by atoms with van der Waals surface area (Å²) >= 11 is 0. The molecular weight excluding hydrogens is 245 g/mol. The molecule has 0 spiro atoms. The highest BCUT2D eigenvalue weighted by Gasteiger charge is 2.67. The first-order chi connectivity index (χ1) is 8.36. The van der Waals surface area contributed by atoms with Crippen LogP contribution < -0.4 is 0 Å². The lowest BCUT2D eigenvalue weighted by Gasteiger charge is -2.59. The molecule has 0 aliphatic heterocycles. The summed E-state index contributed by atoms with van der Waals surface area (Å²) in [6, 6.07) is 0. The van der Waals surface area contributed by atoms with Crippen LogP contribution in [0.15, 0.2) is 0 Å². The number of carboxylic acid groups (broad SMARTS) is 1. The van der Waals surface area contributed by atoms with Gasteiger partial charge in [-0.25, -0.2) is 9.18 Å². The minimum absolute atomic E-state index is 0.143. The van der Waals surface area contributed by atoms with Crippen LogP contribution in [0.4, 0.5) is 4.39 Å². The van der Waals surface area contributed by atoms with E-state index in [9.17, 15) is 19.3 Å². The summed E-state index contributed by atoms with van der Waals surface area (Å²) in [5, 5.41) is 18.8. The Morgan fingerprint density at radius 3 is 2.33 bits per heavy atom. The largest absolute Gasteiger partial charge is 0.479 e. The van der Waals surface area contributed by atoms with Crippen LogP contribution in [0.5, 0.6) is 0 Å². The zero-order valence-electron chi connectivity index (χ0n) is 9.67. The van der Waals surface area contributed by atoms with Gasteiger partial charge in [-0.3, -0.25) is 0 Å². The summed E-state index contributed by atoms with van der Waals surface area (Å²) in [7, 11) is 0. The van der Waals surface area contributed by atoms with E-state index < -0.39 is 34.2 Å². The highest BCUT2D eigenvalue weighted by atomic mass is 19.1. The SMILES string of the molecule is O=C(O)C1(F)[C@@H]2CC3C[C@H]1CC(O[N+](=O)[O-])(C3)C2. The number of nitrogens with zero attached hydrogens (tertiary/aromatic N) is 1. The summed E-state index contributed by atoms with van der Waals surface area (Å²) in [5.74, 6) is -2.57. The Balaban J connectivity index is 1.93. The van der Waals surface area contributed by atoms with Gasteiger partial charge in [0.15, 0.2) is 0 Å². The van der Waals surface area contributed by atoms with Crippen molar-refractivity contribution in [3.63, 3.8) is 0 Å². The van der Waals surface area contributed by atoms with Crippen molar-refractivity contribution < 1.29 is 24.2 Å². The van der Waals surface area contributed by atoms with Gasteiger partial charge in [0.2, 0.25) is 5.67 Å². The van der Waals surface area contributed by atoms with E-state index in [0.29, 0.717) is 19.3 Å². The number of carboxylic acids is 1. The first-order valence-corrected chi connectivity index (χ1v) is 6.11. The summed E-state index contributed by atoms with van der Waals surface area (Å²) < 4.78 is 14.7. The zero-order valence-corrected chi connectivity index (χ0v) is 9.67. The molecule has 0 aromatic heterocycles. The number of halogens is 1. The molecular formula is C11H14FNO5. The lowest BCUT2D eigenvalue weighted by Crippen LogP contribution is -2.65. The fraction of sp³-hybridized carbons (Fsp3) is 0.909. The molecule has 0 aromatic rings. The van der Waals surface area contributed by atoms with Crippen molar-refractivity contribution in [1.29, 1.82) is 0 Å². The van der Waals surface area contributed by atoms with E-state index in [1.54, 1.807) is 0 Å². The van der Waals surface area contributed by atoms with E-state index in [1.807, 2.05) is 0 Å². The van der Waals surface area contributed by atoms with Gasteiger partial charge in [-0.15, -0.1) is 10.1 Å². The fourth-order valence-corrected chi connectivity index (χ4v) is 4.50. The van der Waals surface area contributed by atoms with Crippen LogP contribution in [0.1, 0.15) is 32.1 Å². The van der Waals surface area contributed by atoms with Crippen molar-refractivity contribution in [2.24, 2.45) is 17.8 Å². The second-order valence-corrected chi connectivity index (χ2v) is 5.91. The Bertz CT molecular complexity index is 410. The lowest BCUT2D eigenvalue weighted by molar-refractivity contribution is -0.785. The molecule has 4 aliphatic rings. The smallest absolute Gasteiger partial charge is 0.342 e. The van der Waals surface area contributed by atoms with Gasteiger partial charge in [0, 0.05) is 11.8 Å². The summed E-state index contributed by atoms with van der Waals surface area (Å²) in [4.78, 5) is 26.5. The lowest BCUT2D eigenvalue weighted by atomic mass is 9.49. The third-order valence-corrected chi connectivity index (χ3v) is 4.92. The molecule has 18 heavy (non-hydrogen) atoms. The van der Waals surface area contributed by atoms with Gasteiger partial charge in [0.25, 0.3) is 5.09 Å². The standard InChI is InChI=1S/C11H14FNO5/c12-11(9(14)15)7-1-6-2-8(11)5-10(3-6,4-7)18-13(16)17/h6-8H,1-5H2,(H,14,15)/t6?,7-,8+,10?,11?. The molecule has 0 aromatic carbocycles. The number of rotatable bonds is 3. The van der Waals surface area contributed by atoms with Crippen LogP contribution in [0, 0.1) is 27.9 Å². The fourth-order valence-electron chi connectivity index (χ4n) is 4.50. The zero-order chi connectivity index (χ0) is 13.1. The van der Waals surface area contributed by atoms with Crippen LogP contribution in [-0.2, 0) is 9.63 Å². The third-order valence-electron chi connectivity index (χ3n) is 4.92. The minimum Gasteiger partial charge on any atom is -0.479 e. The van der Waals surface area contributed by atoms with Crippen LogP contribution in [-0.4, -0.2) is 27.4 Å². The van der Waals surface area contributed by atoms with Crippen molar-refractivity contribution in [2.75, 3.05) is 0 Å². The van der Waals surface area contributed by atoms with Crippen molar-refractivity contribution in [2.45, 2.75) is 43.4 Å². The second-order valence-electron chi connectivity index (χ2n) is 5.91. The van der Waals surface area contributed by atoms with Gasteiger partial charge in [0.05, 0.1) is 0 Å². The van der Waals surface area contributed by atoms with Crippen LogP contribution in [0.2, 0.25) is 0 Å². The summed E-state index contributed by atoms with van der Waals surface area (Å²) in [6.45, 7) is 0. The summed E-state index contributed by atoms with van der Waals surface area (Å²) in [5.41, 5.74) is -3.16. The number of aliphatic carboxylic acids is 1. The Labute approximate surface area is 102 Å². The highest BCUT2D eigenvalue weighted by molar-refractivity contribution is 5.79. The molecule has 3 unspecified atom stereocenters. The monoisotopic (exact) mass is 259 g/mol. The molecule has 4 rings (SSSR count). The Morgan fingerprint density at radius 1 is 1.33 bits per heavy atom. The second kappa shape index (κ2) is 3.33. The van der Waals surface area contributed by atoms with E-state index in [-0.39, 0.29) is 18.8 Å². The van der Waals surface area contributed by atoms with E-state index in [2.05, 4.69) is 0 Å². The molecule has 4 fully saturated rings.